The van der Waals surface area contributed by atoms with Gasteiger partial charge < -0.3 is 34.3 Å². The fourth-order valence-corrected chi connectivity index (χ4v) is 3.90. The Labute approximate surface area is 185 Å². The fraction of sp³-hybridized carbons (Fsp3) is 0.842. The highest BCUT2D eigenvalue weighted by atomic mass is 16.5. The van der Waals surface area contributed by atoms with Crippen molar-refractivity contribution in [2.24, 2.45) is 11.3 Å². The van der Waals surface area contributed by atoms with Crippen molar-refractivity contribution in [1.29, 1.82) is 0 Å². The van der Waals surface area contributed by atoms with Crippen LogP contribution in [0.3, 0.4) is 0 Å². The molecule has 0 bridgehead atoms. The Kier molecular flexibility index (Phi) is 11.5. The Hall–Kier alpha value is -1.62. The van der Waals surface area contributed by atoms with Gasteiger partial charge in [-0.25, -0.2) is 0 Å². The van der Waals surface area contributed by atoms with Gasteiger partial charge in [0.15, 0.2) is 5.41 Å². The zero-order valence-corrected chi connectivity index (χ0v) is 19.1. The summed E-state index contributed by atoms with van der Waals surface area (Å²) < 4.78 is 9.81. The number of hydrogen-bond acceptors (Lipinski definition) is 9. The Morgan fingerprint density at radius 2 is 1.58 bits per heavy atom. The van der Waals surface area contributed by atoms with Gasteiger partial charge in [-0.1, -0.05) is 0 Å². The number of carboxylic acids is 1. The first-order chi connectivity index (χ1) is 14.6. The van der Waals surface area contributed by atoms with E-state index in [-0.39, 0.29) is 31.5 Å². The summed E-state index contributed by atoms with van der Waals surface area (Å²) in [7, 11) is -1.23. The van der Waals surface area contributed by atoms with E-state index >= 15 is 0 Å². The van der Waals surface area contributed by atoms with Crippen molar-refractivity contribution >= 4 is 32.0 Å². The normalized spacial score (nSPS) is 24.4. The summed E-state index contributed by atoms with van der Waals surface area (Å²) in [6.45, 7) is 9.41. The van der Waals surface area contributed by atoms with Crippen molar-refractivity contribution in [2.45, 2.75) is 53.2 Å². The molecule has 2 atom stereocenters. The summed E-state index contributed by atoms with van der Waals surface area (Å²) in [6, 6.07) is 0. The maximum atomic E-state index is 11.8. The van der Waals surface area contributed by atoms with E-state index in [2.05, 4.69) is 0 Å². The molecule has 0 aliphatic carbocycles. The maximum absolute atomic E-state index is 11.8. The molecule has 2 saturated heterocycles. The van der Waals surface area contributed by atoms with Crippen LogP contribution in [0.4, 0.5) is 0 Å². The highest BCUT2D eigenvalue weighted by Crippen LogP contribution is 2.32. The van der Waals surface area contributed by atoms with Gasteiger partial charge in [0.05, 0.1) is 19.1 Å². The second-order valence-corrected chi connectivity index (χ2v) is 8.03. The number of piperidine rings is 2. The molecule has 0 radical (unpaired) electrons. The molecule has 2 heterocycles. The first kappa shape index (κ1) is 27.4. The second kappa shape index (κ2) is 13.0. The van der Waals surface area contributed by atoms with Gasteiger partial charge in [-0.3, -0.25) is 14.4 Å². The van der Waals surface area contributed by atoms with Crippen molar-refractivity contribution < 1.29 is 39.0 Å². The molecular formula is C19H36B2N2O8. The lowest BCUT2D eigenvalue weighted by molar-refractivity contribution is -0.171. The molecule has 31 heavy (non-hydrogen) atoms. The molecule has 10 nitrogen and oxygen atoms in total. The van der Waals surface area contributed by atoms with Crippen LogP contribution in [0.25, 0.3) is 0 Å². The van der Waals surface area contributed by atoms with E-state index in [0.717, 1.165) is 19.4 Å². The Morgan fingerprint density at radius 1 is 1.00 bits per heavy atom. The fourth-order valence-electron chi connectivity index (χ4n) is 3.90. The number of carbonyl (C=O) groups is 3. The number of aliphatic carboxylic acids is 1. The van der Waals surface area contributed by atoms with E-state index in [0.29, 0.717) is 26.1 Å². The highest BCUT2D eigenvalue weighted by Gasteiger charge is 2.51. The topological polar surface area (TPSA) is 137 Å². The van der Waals surface area contributed by atoms with Crippen LogP contribution in [0.15, 0.2) is 0 Å². The van der Waals surface area contributed by atoms with Crippen LogP contribution >= 0.6 is 0 Å². The molecule has 0 aromatic heterocycles. The maximum Gasteiger partial charge on any atom is 0.376 e. The molecular weight excluding hydrogens is 406 g/mol. The molecule has 2 aliphatic rings. The van der Waals surface area contributed by atoms with Crippen molar-refractivity contribution in [3.05, 3.63) is 0 Å². The smallest absolute Gasteiger partial charge is 0.376 e. The zero-order valence-electron chi connectivity index (χ0n) is 19.1. The number of esters is 2. The molecule has 0 saturated carbocycles. The minimum atomic E-state index is -1.54. The van der Waals surface area contributed by atoms with Crippen molar-refractivity contribution in [1.82, 2.24) is 9.62 Å². The number of ether oxygens (including phenoxy) is 2. The SMILES string of the molecule is CCOC(=O)C1(C(=O)O)CCCN(B(C)O)C1.CCOC(=O)C1CCCN(B(C)O)C1. The average Bonchev–Trinajstić information content (AvgIpc) is 2.74. The molecule has 0 amide bonds. The summed E-state index contributed by atoms with van der Waals surface area (Å²) in [6.07, 6.45) is 2.64. The first-order valence-electron chi connectivity index (χ1n) is 11.0. The van der Waals surface area contributed by atoms with E-state index in [4.69, 9.17) is 9.47 Å². The van der Waals surface area contributed by atoms with Gasteiger partial charge in [0, 0.05) is 13.1 Å². The van der Waals surface area contributed by atoms with Gasteiger partial charge in [0.25, 0.3) is 0 Å². The third-order valence-corrected chi connectivity index (χ3v) is 5.73. The molecule has 0 spiro atoms. The molecule has 0 aromatic rings. The molecule has 2 unspecified atom stereocenters. The van der Waals surface area contributed by atoms with Crippen molar-refractivity contribution in [2.75, 3.05) is 39.4 Å². The third kappa shape index (κ3) is 7.78. The van der Waals surface area contributed by atoms with Crippen molar-refractivity contribution in [3.8, 4) is 0 Å². The molecule has 176 valence electrons. The number of hydrogen-bond donors (Lipinski definition) is 3. The van der Waals surface area contributed by atoms with Gasteiger partial charge in [0.1, 0.15) is 0 Å². The van der Waals surface area contributed by atoms with Gasteiger partial charge in [-0.05, 0) is 66.3 Å². The van der Waals surface area contributed by atoms with Crippen LogP contribution in [0, 0.1) is 11.3 Å². The quantitative estimate of drug-likeness (QED) is 0.285. The molecule has 2 rings (SSSR count). The minimum Gasteiger partial charge on any atom is -0.480 e. The first-order valence-corrected chi connectivity index (χ1v) is 11.0. The highest BCUT2D eigenvalue weighted by molar-refractivity contribution is 6.45. The van der Waals surface area contributed by atoms with Crippen LogP contribution in [0.5, 0.6) is 0 Å². The monoisotopic (exact) mass is 442 g/mol. The van der Waals surface area contributed by atoms with E-state index in [1.54, 1.807) is 25.4 Å². The Balaban J connectivity index is 0.000000316. The zero-order chi connectivity index (χ0) is 23.6. The Morgan fingerprint density at radius 3 is 2.10 bits per heavy atom. The number of rotatable bonds is 7. The predicted octanol–water partition coefficient (Wildman–Crippen LogP) is 0.198. The van der Waals surface area contributed by atoms with E-state index in [1.165, 1.54) is 0 Å². The molecule has 2 aliphatic heterocycles. The van der Waals surface area contributed by atoms with E-state index < -0.39 is 31.5 Å². The van der Waals surface area contributed by atoms with Gasteiger partial charge >= 0.3 is 32.0 Å². The largest absolute Gasteiger partial charge is 0.480 e. The molecule has 0 aromatic carbocycles. The average molecular weight is 442 g/mol. The van der Waals surface area contributed by atoms with Gasteiger partial charge in [-0.15, -0.1) is 0 Å². The summed E-state index contributed by atoms with van der Waals surface area (Å²) in [4.78, 5) is 38.1. The van der Waals surface area contributed by atoms with Crippen LogP contribution in [0.1, 0.15) is 39.5 Å². The van der Waals surface area contributed by atoms with Crippen LogP contribution in [0.2, 0.25) is 13.6 Å². The summed E-state index contributed by atoms with van der Waals surface area (Å²) in [5, 5.41) is 28.1. The lowest BCUT2D eigenvalue weighted by Gasteiger charge is -2.38. The summed E-state index contributed by atoms with van der Waals surface area (Å²) in [5.41, 5.74) is -1.54. The molecule has 3 N–H and O–H groups in total. The predicted molar refractivity (Wildman–Crippen MR) is 116 cm³/mol. The molecule has 2 fully saturated rings. The summed E-state index contributed by atoms with van der Waals surface area (Å²) in [5.74, 6) is -2.07. The van der Waals surface area contributed by atoms with Crippen LogP contribution < -0.4 is 0 Å². The molecule has 12 heteroatoms. The number of carbonyl (C=O) groups excluding carboxylic acids is 2. The second-order valence-electron chi connectivity index (χ2n) is 8.03. The van der Waals surface area contributed by atoms with Gasteiger partial charge in [0.2, 0.25) is 0 Å². The number of nitrogens with zero attached hydrogens (tertiary/aromatic N) is 2. The van der Waals surface area contributed by atoms with Crippen LogP contribution in [-0.4, -0.2) is 96.2 Å². The lowest BCUT2D eigenvalue weighted by atomic mass is 9.73. The lowest BCUT2D eigenvalue weighted by Crippen LogP contribution is -2.56. The Bertz CT molecular complexity index is 607. The van der Waals surface area contributed by atoms with Gasteiger partial charge in [-0.2, -0.15) is 0 Å². The van der Waals surface area contributed by atoms with Crippen LogP contribution in [-0.2, 0) is 23.9 Å². The van der Waals surface area contributed by atoms with Crippen molar-refractivity contribution in [3.63, 3.8) is 0 Å². The number of carboxylic acid groups (broad SMARTS) is 1. The minimum absolute atomic E-state index is 0.00116. The van der Waals surface area contributed by atoms with E-state index in [1.807, 2.05) is 11.7 Å². The van der Waals surface area contributed by atoms with E-state index in [9.17, 15) is 29.5 Å². The standard InChI is InChI=1S/C10H18BNO5.C9H18BNO3/c1-3-17-9(15)10(8(13)14)5-4-6-12(7-10)11(2)16;1-3-14-9(12)8-5-4-6-11(7-8)10(2)13/h16H,3-7H2,1-2H3,(H,13,14);8,13H,3-7H2,1-2H3. The summed E-state index contributed by atoms with van der Waals surface area (Å²) >= 11 is 0. The third-order valence-electron chi connectivity index (χ3n) is 5.73.